The number of nitrogens with one attached hydrogen (secondary N) is 1. The molecule has 0 aliphatic carbocycles. The summed E-state index contributed by atoms with van der Waals surface area (Å²) in [5.74, 6) is -0.187. The van der Waals surface area contributed by atoms with Crippen molar-refractivity contribution >= 4 is 46.0 Å². The van der Waals surface area contributed by atoms with Crippen LogP contribution in [0.3, 0.4) is 0 Å². The Morgan fingerprint density at radius 3 is 2.33 bits per heavy atom. The van der Waals surface area contributed by atoms with E-state index in [1.54, 1.807) is 18.2 Å². The van der Waals surface area contributed by atoms with E-state index in [1.807, 2.05) is 0 Å². The van der Waals surface area contributed by atoms with E-state index >= 15 is 0 Å². The summed E-state index contributed by atoms with van der Waals surface area (Å²) in [4.78, 5) is 23.6. The molecule has 0 atom stereocenters. The standard InChI is InChI=1S/C18H23Cl2NO2S/c1-2-3-4-5-6-7-9-21-17(22)8-10-24-18(23)14-11-15(19)13-16(20)12-14/h8,10-13H,2-7,9H2,1H3,(H,21,22). The lowest BCUT2D eigenvalue weighted by molar-refractivity contribution is -0.116. The Morgan fingerprint density at radius 2 is 1.67 bits per heavy atom. The summed E-state index contributed by atoms with van der Waals surface area (Å²) >= 11 is 12.7. The molecule has 24 heavy (non-hydrogen) atoms. The van der Waals surface area contributed by atoms with Crippen molar-refractivity contribution in [3.8, 4) is 0 Å². The van der Waals surface area contributed by atoms with Crippen molar-refractivity contribution in [3.63, 3.8) is 0 Å². The monoisotopic (exact) mass is 387 g/mol. The lowest BCUT2D eigenvalue weighted by Crippen LogP contribution is -2.21. The fraction of sp³-hybridized carbons (Fsp3) is 0.444. The SMILES string of the molecule is CCCCCCCCNC(=O)C=CSC(=O)c1cc(Cl)cc(Cl)c1. The molecule has 1 amide bonds. The third kappa shape index (κ3) is 9.36. The first-order valence-corrected chi connectivity index (χ1v) is 9.78. The molecule has 0 aliphatic rings. The van der Waals surface area contributed by atoms with Gasteiger partial charge in [-0.05, 0) is 30.0 Å². The van der Waals surface area contributed by atoms with E-state index < -0.39 is 0 Å². The van der Waals surface area contributed by atoms with Crippen LogP contribution in [0.4, 0.5) is 0 Å². The summed E-state index contributed by atoms with van der Waals surface area (Å²) in [5.41, 5.74) is 0.412. The van der Waals surface area contributed by atoms with Crippen molar-refractivity contribution in [2.24, 2.45) is 0 Å². The van der Waals surface area contributed by atoms with Crippen LogP contribution >= 0.6 is 35.0 Å². The first kappa shape index (κ1) is 21.1. The van der Waals surface area contributed by atoms with E-state index in [0.29, 0.717) is 22.2 Å². The first-order chi connectivity index (χ1) is 11.5. The molecule has 0 bridgehead atoms. The van der Waals surface area contributed by atoms with Gasteiger partial charge in [-0.3, -0.25) is 9.59 Å². The summed E-state index contributed by atoms with van der Waals surface area (Å²) < 4.78 is 0. The highest BCUT2D eigenvalue weighted by Gasteiger charge is 2.07. The zero-order valence-electron chi connectivity index (χ0n) is 13.8. The molecule has 1 aromatic rings. The van der Waals surface area contributed by atoms with Crippen LogP contribution in [0.5, 0.6) is 0 Å². The second-order valence-corrected chi connectivity index (χ2v) is 7.18. The average Bonchev–Trinajstić information content (AvgIpc) is 2.53. The lowest BCUT2D eigenvalue weighted by Gasteiger charge is -2.02. The molecule has 132 valence electrons. The van der Waals surface area contributed by atoms with E-state index in [1.165, 1.54) is 37.2 Å². The second-order valence-electron chi connectivity index (χ2n) is 5.42. The van der Waals surface area contributed by atoms with Crippen LogP contribution in [0.1, 0.15) is 55.8 Å². The van der Waals surface area contributed by atoms with Crippen molar-refractivity contribution in [3.05, 3.63) is 45.3 Å². The highest BCUT2D eigenvalue weighted by molar-refractivity contribution is 8.16. The van der Waals surface area contributed by atoms with Crippen LogP contribution in [0.25, 0.3) is 0 Å². The topological polar surface area (TPSA) is 46.2 Å². The Hall–Kier alpha value is -0.970. The molecular formula is C18H23Cl2NO2S. The summed E-state index contributed by atoms with van der Waals surface area (Å²) in [7, 11) is 0. The number of halogens is 2. The Bertz CT molecular complexity index is 556. The summed E-state index contributed by atoms with van der Waals surface area (Å²) in [6.45, 7) is 2.86. The largest absolute Gasteiger partial charge is 0.353 e. The Balaban J connectivity index is 2.23. The van der Waals surface area contributed by atoms with E-state index in [-0.39, 0.29) is 11.0 Å². The number of unbranched alkanes of at least 4 members (excludes halogenated alkanes) is 5. The van der Waals surface area contributed by atoms with E-state index in [2.05, 4.69) is 12.2 Å². The predicted molar refractivity (Wildman–Crippen MR) is 104 cm³/mol. The zero-order valence-corrected chi connectivity index (χ0v) is 16.1. The van der Waals surface area contributed by atoms with Gasteiger partial charge in [0.1, 0.15) is 0 Å². The summed E-state index contributed by atoms with van der Waals surface area (Å²) in [6, 6.07) is 4.67. The molecular weight excluding hydrogens is 365 g/mol. The molecule has 3 nitrogen and oxygen atoms in total. The maximum atomic E-state index is 12.0. The molecule has 0 radical (unpaired) electrons. The van der Waals surface area contributed by atoms with E-state index in [4.69, 9.17) is 23.2 Å². The van der Waals surface area contributed by atoms with Gasteiger partial charge < -0.3 is 5.32 Å². The number of carbonyl (C=O) groups is 2. The number of benzene rings is 1. The first-order valence-electron chi connectivity index (χ1n) is 8.14. The summed E-state index contributed by atoms with van der Waals surface area (Å²) in [5, 5.41) is 4.90. The van der Waals surface area contributed by atoms with Gasteiger partial charge in [0.05, 0.1) is 0 Å². The van der Waals surface area contributed by atoms with Crippen LogP contribution in [0.2, 0.25) is 10.0 Å². The van der Waals surface area contributed by atoms with Crippen LogP contribution in [-0.4, -0.2) is 17.6 Å². The smallest absolute Gasteiger partial charge is 0.244 e. The quantitative estimate of drug-likeness (QED) is 0.404. The maximum Gasteiger partial charge on any atom is 0.244 e. The highest BCUT2D eigenvalue weighted by Crippen LogP contribution is 2.22. The van der Waals surface area contributed by atoms with Crippen LogP contribution in [0.15, 0.2) is 29.7 Å². The van der Waals surface area contributed by atoms with Gasteiger partial charge in [-0.2, -0.15) is 0 Å². The number of thioether (sulfide) groups is 1. The average molecular weight is 388 g/mol. The molecule has 1 rings (SSSR count). The van der Waals surface area contributed by atoms with Gasteiger partial charge in [0, 0.05) is 28.2 Å². The van der Waals surface area contributed by atoms with Gasteiger partial charge in [0.15, 0.2) is 0 Å². The van der Waals surface area contributed by atoms with Crippen molar-refractivity contribution in [1.29, 1.82) is 0 Å². The molecule has 1 N–H and O–H groups in total. The van der Waals surface area contributed by atoms with Gasteiger partial charge >= 0.3 is 0 Å². The predicted octanol–water partition coefficient (Wildman–Crippen LogP) is 5.86. The Morgan fingerprint density at radius 1 is 1.04 bits per heavy atom. The number of rotatable bonds is 10. The fourth-order valence-corrected chi connectivity index (χ4v) is 3.17. The second kappa shape index (κ2) is 12.4. The van der Waals surface area contributed by atoms with Gasteiger partial charge in [-0.25, -0.2) is 0 Å². The van der Waals surface area contributed by atoms with Crippen LogP contribution < -0.4 is 5.32 Å². The van der Waals surface area contributed by atoms with Crippen molar-refractivity contribution in [2.75, 3.05) is 6.54 Å². The molecule has 0 heterocycles. The molecule has 0 aliphatic heterocycles. The highest BCUT2D eigenvalue weighted by atomic mass is 35.5. The molecule has 0 fully saturated rings. The number of carbonyl (C=O) groups excluding carboxylic acids is 2. The zero-order chi connectivity index (χ0) is 17.8. The third-order valence-corrected chi connectivity index (χ3v) is 4.48. The number of amides is 1. The number of hydrogen-bond acceptors (Lipinski definition) is 3. The molecule has 0 spiro atoms. The lowest BCUT2D eigenvalue weighted by atomic mass is 10.1. The summed E-state index contributed by atoms with van der Waals surface area (Å²) in [6.07, 6.45) is 8.47. The van der Waals surface area contributed by atoms with E-state index in [9.17, 15) is 9.59 Å². The Kier molecular flexibility index (Phi) is 10.9. The number of hydrogen-bond donors (Lipinski definition) is 1. The van der Waals surface area contributed by atoms with Crippen molar-refractivity contribution in [1.82, 2.24) is 5.32 Å². The molecule has 0 aromatic heterocycles. The van der Waals surface area contributed by atoms with Gasteiger partial charge in [0.2, 0.25) is 11.0 Å². The minimum absolute atomic E-state index is 0.187. The molecule has 0 saturated carbocycles. The minimum Gasteiger partial charge on any atom is -0.353 e. The van der Waals surface area contributed by atoms with Gasteiger partial charge in [0.25, 0.3) is 0 Å². The fourth-order valence-electron chi connectivity index (χ4n) is 2.07. The van der Waals surface area contributed by atoms with Crippen molar-refractivity contribution in [2.45, 2.75) is 45.4 Å². The van der Waals surface area contributed by atoms with Crippen molar-refractivity contribution < 1.29 is 9.59 Å². The normalized spacial score (nSPS) is 11.0. The van der Waals surface area contributed by atoms with E-state index in [0.717, 1.165) is 24.6 Å². The van der Waals surface area contributed by atoms with Crippen LogP contribution in [0, 0.1) is 0 Å². The van der Waals surface area contributed by atoms with Crippen LogP contribution in [-0.2, 0) is 4.79 Å². The van der Waals surface area contributed by atoms with Gasteiger partial charge in [-0.1, -0.05) is 74.0 Å². The minimum atomic E-state index is -0.209. The molecule has 0 saturated heterocycles. The molecule has 0 unspecified atom stereocenters. The van der Waals surface area contributed by atoms with Gasteiger partial charge in [-0.15, -0.1) is 0 Å². The molecule has 1 aromatic carbocycles. The third-order valence-electron chi connectivity index (χ3n) is 3.32. The Labute approximate surface area is 158 Å². The maximum absolute atomic E-state index is 12.0. The molecule has 6 heteroatoms.